The number of aryl methyl sites for hydroxylation is 3. The van der Waals surface area contributed by atoms with Crippen molar-refractivity contribution in [3.05, 3.63) is 115 Å². The highest BCUT2D eigenvalue weighted by Gasteiger charge is 2.45. The van der Waals surface area contributed by atoms with Crippen molar-refractivity contribution in [3.8, 4) is 6.07 Å². The van der Waals surface area contributed by atoms with E-state index in [0.29, 0.717) is 45.5 Å². The Labute approximate surface area is 256 Å². The van der Waals surface area contributed by atoms with Gasteiger partial charge in [-0.25, -0.2) is 0 Å². The number of anilines is 1. The monoisotopic (exact) mass is 601 g/mol. The molecule has 1 heterocycles. The second kappa shape index (κ2) is 11.2. The summed E-state index contributed by atoms with van der Waals surface area (Å²) in [7, 11) is 0. The van der Waals surface area contributed by atoms with E-state index in [1.54, 1.807) is 34.9 Å². The van der Waals surface area contributed by atoms with Gasteiger partial charge in [-0.2, -0.15) is 5.26 Å². The number of nitrogens with two attached hydrogens (primary N) is 1. The number of rotatable bonds is 5. The summed E-state index contributed by atoms with van der Waals surface area (Å²) in [6, 6.07) is 20.4. The number of thioether (sulfide) groups is 1. The fourth-order valence-electron chi connectivity index (χ4n) is 5.94. The molecule has 0 radical (unpaired) electrons. The molecule has 0 saturated heterocycles. The lowest BCUT2D eigenvalue weighted by molar-refractivity contribution is -0.118. The highest BCUT2D eigenvalue weighted by Crippen LogP contribution is 2.52. The SMILES string of the molecule is Cc1ccc(SCc2cc(C3C(C#N)=C(N)N(c4ccc(Cl)cc4Cl)C4=C3C(=O)CC(C)(C)C4)c(C)cc2C)cc1. The van der Waals surface area contributed by atoms with Gasteiger partial charge in [-0.1, -0.05) is 66.9 Å². The molecule has 1 unspecified atom stereocenters. The number of nitrogens with zero attached hydrogens (tertiary/aromatic N) is 2. The maximum atomic E-state index is 14.0. The Morgan fingerprint density at radius 1 is 1.02 bits per heavy atom. The number of carbonyl (C=O) groups excluding carboxylic acids is 1. The van der Waals surface area contributed by atoms with Crippen molar-refractivity contribution < 1.29 is 4.79 Å². The maximum Gasteiger partial charge on any atom is 0.162 e. The Balaban J connectivity index is 1.67. The minimum atomic E-state index is -0.551. The molecule has 3 aromatic rings. The van der Waals surface area contributed by atoms with Crippen molar-refractivity contribution in [2.75, 3.05) is 4.90 Å². The molecule has 3 aromatic carbocycles. The third-order valence-electron chi connectivity index (χ3n) is 7.98. The quantitative estimate of drug-likeness (QED) is 0.295. The molecule has 4 nitrogen and oxygen atoms in total. The van der Waals surface area contributed by atoms with Gasteiger partial charge in [0.25, 0.3) is 0 Å². The Bertz CT molecular complexity index is 1660. The van der Waals surface area contributed by atoms with Crippen LogP contribution in [0.5, 0.6) is 0 Å². The summed E-state index contributed by atoms with van der Waals surface area (Å²) in [4.78, 5) is 17.0. The number of nitriles is 1. The van der Waals surface area contributed by atoms with Crippen LogP contribution < -0.4 is 10.6 Å². The summed E-state index contributed by atoms with van der Waals surface area (Å²) in [5.74, 6) is 0.549. The molecule has 2 aliphatic rings. The zero-order valence-corrected chi connectivity index (χ0v) is 26.3. The van der Waals surface area contributed by atoms with E-state index >= 15 is 0 Å². The number of hydrogen-bond acceptors (Lipinski definition) is 5. The summed E-state index contributed by atoms with van der Waals surface area (Å²) in [6.45, 7) is 10.4. The number of ketones is 1. The third-order valence-corrected chi connectivity index (χ3v) is 9.58. The second-order valence-corrected chi connectivity index (χ2v) is 13.7. The molecular formula is C34H33Cl2N3OS. The van der Waals surface area contributed by atoms with Gasteiger partial charge >= 0.3 is 0 Å². The zero-order chi connectivity index (χ0) is 29.6. The van der Waals surface area contributed by atoms with Crippen LogP contribution in [0.4, 0.5) is 5.69 Å². The summed E-state index contributed by atoms with van der Waals surface area (Å²) < 4.78 is 0. The van der Waals surface area contributed by atoms with E-state index < -0.39 is 5.92 Å². The van der Waals surface area contributed by atoms with Crippen molar-refractivity contribution in [2.24, 2.45) is 11.1 Å². The Morgan fingerprint density at radius 2 is 1.73 bits per heavy atom. The minimum Gasteiger partial charge on any atom is -0.384 e. The zero-order valence-electron chi connectivity index (χ0n) is 23.9. The van der Waals surface area contributed by atoms with Crippen LogP contribution in [0.15, 0.2) is 82.2 Å². The Kier molecular flexibility index (Phi) is 8.05. The smallest absolute Gasteiger partial charge is 0.162 e. The van der Waals surface area contributed by atoms with Gasteiger partial charge in [-0.15, -0.1) is 11.8 Å². The summed E-state index contributed by atoms with van der Waals surface area (Å²) in [5, 5.41) is 11.4. The molecule has 1 atom stereocenters. The molecule has 1 aliphatic heterocycles. The lowest BCUT2D eigenvalue weighted by Gasteiger charge is -2.44. The minimum absolute atomic E-state index is 0.0344. The van der Waals surface area contributed by atoms with Gasteiger partial charge in [0.2, 0.25) is 0 Å². The van der Waals surface area contributed by atoms with E-state index in [0.717, 1.165) is 22.6 Å². The largest absolute Gasteiger partial charge is 0.384 e. The van der Waals surface area contributed by atoms with Crippen molar-refractivity contribution in [2.45, 2.75) is 64.0 Å². The average Bonchev–Trinajstić information content (AvgIpc) is 2.89. The fraction of sp³-hybridized carbons (Fsp3) is 0.294. The molecule has 0 amide bonds. The van der Waals surface area contributed by atoms with Gasteiger partial charge < -0.3 is 5.73 Å². The van der Waals surface area contributed by atoms with E-state index in [1.165, 1.54) is 21.6 Å². The topological polar surface area (TPSA) is 70.1 Å². The van der Waals surface area contributed by atoms with Crippen LogP contribution in [0, 0.1) is 37.5 Å². The van der Waals surface area contributed by atoms with Crippen molar-refractivity contribution >= 4 is 46.4 Å². The first-order valence-corrected chi connectivity index (χ1v) is 15.3. The molecule has 2 N–H and O–H groups in total. The highest BCUT2D eigenvalue weighted by atomic mass is 35.5. The van der Waals surface area contributed by atoms with Crippen LogP contribution in [0.1, 0.15) is 60.4 Å². The molecule has 0 saturated carbocycles. The van der Waals surface area contributed by atoms with Crippen LogP contribution in [-0.2, 0) is 10.5 Å². The number of Topliss-reactive ketones (excluding diaryl/α,β-unsaturated/α-hetero) is 1. The molecule has 0 bridgehead atoms. The predicted octanol–water partition coefficient (Wildman–Crippen LogP) is 9.15. The maximum absolute atomic E-state index is 14.0. The Morgan fingerprint density at radius 3 is 2.39 bits per heavy atom. The van der Waals surface area contributed by atoms with Crippen LogP contribution >= 0.6 is 35.0 Å². The number of carbonyl (C=O) groups is 1. The first kappa shape index (κ1) is 29.3. The number of hydrogen-bond donors (Lipinski definition) is 1. The lowest BCUT2D eigenvalue weighted by atomic mass is 9.68. The standard InChI is InChI=1S/C34H33Cl2N3OS/c1-19-6-9-24(10-7-19)41-18-22-13-25(21(3)12-20(22)2)31-26(17-37)33(38)39(28-11-8-23(35)14-27(28)36)29-15-34(4,5)16-30(40)32(29)31/h6-14,31H,15-16,18,38H2,1-5H3. The van der Waals surface area contributed by atoms with Crippen LogP contribution in [0.25, 0.3) is 0 Å². The van der Waals surface area contributed by atoms with Gasteiger partial charge in [-0.05, 0) is 85.2 Å². The summed E-state index contributed by atoms with van der Waals surface area (Å²) in [5.41, 5.74) is 14.5. The van der Waals surface area contributed by atoms with Crippen molar-refractivity contribution in [1.29, 1.82) is 5.26 Å². The first-order chi connectivity index (χ1) is 19.4. The van der Waals surface area contributed by atoms with Crippen molar-refractivity contribution in [3.63, 3.8) is 0 Å². The number of halogens is 2. The average molecular weight is 603 g/mol. The molecule has 5 rings (SSSR count). The molecule has 7 heteroatoms. The van der Waals surface area contributed by atoms with Gasteiger partial charge in [0.15, 0.2) is 5.78 Å². The normalized spacial score (nSPS) is 18.4. The van der Waals surface area contributed by atoms with E-state index in [2.05, 4.69) is 70.2 Å². The van der Waals surface area contributed by atoms with Gasteiger partial charge in [0, 0.05) is 33.4 Å². The highest BCUT2D eigenvalue weighted by molar-refractivity contribution is 7.98. The first-order valence-electron chi connectivity index (χ1n) is 13.6. The summed E-state index contributed by atoms with van der Waals surface area (Å²) >= 11 is 14.7. The Hall–Kier alpha value is -3.17. The second-order valence-electron chi connectivity index (χ2n) is 11.8. The lowest BCUT2D eigenvalue weighted by Crippen LogP contribution is -2.42. The van der Waals surface area contributed by atoms with E-state index in [4.69, 9.17) is 28.9 Å². The molecule has 41 heavy (non-hydrogen) atoms. The van der Waals surface area contributed by atoms with Crippen molar-refractivity contribution in [1.82, 2.24) is 0 Å². The molecule has 210 valence electrons. The van der Waals surface area contributed by atoms with E-state index in [9.17, 15) is 10.1 Å². The molecular weight excluding hydrogens is 569 g/mol. The van der Waals surface area contributed by atoms with Crippen LogP contribution in [0.3, 0.4) is 0 Å². The molecule has 0 fully saturated rings. The van der Waals surface area contributed by atoms with E-state index in [1.807, 2.05) is 6.92 Å². The van der Waals surface area contributed by atoms with Crippen LogP contribution in [-0.4, -0.2) is 5.78 Å². The molecule has 1 aliphatic carbocycles. The van der Waals surface area contributed by atoms with Crippen LogP contribution in [0.2, 0.25) is 10.0 Å². The van der Waals surface area contributed by atoms with Gasteiger partial charge in [0.1, 0.15) is 5.82 Å². The molecule has 0 spiro atoms. The predicted molar refractivity (Wildman–Crippen MR) is 170 cm³/mol. The van der Waals surface area contributed by atoms with E-state index in [-0.39, 0.29) is 11.2 Å². The molecule has 0 aromatic heterocycles. The number of benzene rings is 3. The summed E-state index contributed by atoms with van der Waals surface area (Å²) in [6.07, 6.45) is 1.01. The third kappa shape index (κ3) is 5.66. The fourth-order valence-corrected chi connectivity index (χ4v) is 7.39. The number of allylic oxidation sites excluding steroid dienone is 3. The van der Waals surface area contributed by atoms with Gasteiger partial charge in [-0.3, -0.25) is 9.69 Å². The van der Waals surface area contributed by atoms with Gasteiger partial charge in [0.05, 0.1) is 28.3 Å².